The molecule has 4 nitrogen and oxygen atoms in total. The highest BCUT2D eigenvalue weighted by molar-refractivity contribution is 6.31. The van der Waals surface area contributed by atoms with Gasteiger partial charge in [0.1, 0.15) is 0 Å². The van der Waals surface area contributed by atoms with E-state index in [-0.39, 0.29) is 39.8 Å². The molecule has 0 fully saturated rings. The van der Waals surface area contributed by atoms with Gasteiger partial charge in [0.05, 0.1) is 0 Å². The van der Waals surface area contributed by atoms with E-state index in [0.717, 1.165) is 16.7 Å². The molecule has 1 aliphatic carbocycles. The first-order valence-corrected chi connectivity index (χ1v) is 11.9. The minimum absolute atomic E-state index is 0.0693. The van der Waals surface area contributed by atoms with Crippen molar-refractivity contribution in [3.63, 3.8) is 0 Å². The van der Waals surface area contributed by atoms with Crippen LogP contribution in [0.1, 0.15) is 69.2 Å². The summed E-state index contributed by atoms with van der Waals surface area (Å²) in [5, 5.41) is 0. The zero-order valence-corrected chi connectivity index (χ0v) is 20.1. The van der Waals surface area contributed by atoms with Gasteiger partial charge in [-0.3, -0.25) is 19.2 Å². The standard InChI is InChI=1S/C33H22O4/c1-21-6-4-7-24(20-21)29(34)18-16-22-12-14-23(15-13-22)17-19-30(35)27-10-5-11-28-31(27)33(37)26-9-3-2-8-25(26)32(28)36/h2-20H,1H3/b18-16+,19-17+. The number of hydrogen-bond donors (Lipinski definition) is 0. The van der Waals surface area contributed by atoms with Crippen LogP contribution < -0.4 is 0 Å². The molecule has 0 amide bonds. The third kappa shape index (κ3) is 4.78. The fraction of sp³-hybridized carbons (Fsp3) is 0.0303. The van der Waals surface area contributed by atoms with Crippen molar-refractivity contribution in [1.82, 2.24) is 0 Å². The maximum atomic E-state index is 13.1. The number of aryl methyl sites for hydroxylation is 1. The summed E-state index contributed by atoms with van der Waals surface area (Å²) < 4.78 is 0. The van der Waals surface area contributed by atoms with Crippen LogP contribution in [0.2, 0.25) is 0 Å². The summed E-state index contributed by atoms with van der Waals surface area (Å²) in [4.78, 5) is 51.5. The molecule has 0 heterocycles. The van der Waals surface area contributed by atoms with E-state index < -0.39 is 0 Å². The minimum atomic E-state index is -0.356. The van der Waals surface area contributed by atoms with Gasteiger partial charge in [-0.05, 0) is 36.3 Å². The van der Waals surface area contributed by atoms with Crippen molar-refractivity contribution in [2.75, 3.05) is 0 Å². The molecular formula is C33H22O4. The molecule has 37 heavy (non-hydrogen) atoms. The Balaban J connectivity index is 1.33. The fourth-order valence-corrected chi connectivity index (χ4v) is 4.40. The summed E-state index contributed by atoms with van der Waals surface area (Å²) in [5.41, 5.74) is 4.58. The van der Waals surface area contributed by atoms with E-state index in [2.05, 4.69) is 0 Å². The second kappa shape index (κ2) is 9.96. The van der Waals surface area contributed by atoms with Gasteiger partial charge in [0.15, 0.2) is 23.1 Å². The summed E-state index contributed by atoms with van der Waals surface area (Å²) in [6.45, 7) is 1.94. The zero-order chi connectivity index (χ0) is 25.9. The Morgan fingerprint density at radius 3 is 1.81 bits per heavy atom. The summed E-state index contributed by atoms with van der Waals surface area (Å²) in [5.74, 6) is -1.00. The maximum Gasteiger partial charge on any atom is 0.195 e. The second-order valence-electron chi connectivity index (χ2n) is 8.86. The van der Waals surface area contributed by atoms with E-state index in [1.165, 1.54) is 12.2 Å². The number of hydrogen-bond acceptors (Lipinski definition) is 4. The van der Waals surface area contributed by atoms with Crippen LogP contribution in [0.15, 0.2) is 103 Å². The number of rotatable bonds is 6. The first-order valence-electron chi connectivity index (χ1n) is 11.9. The van der Waals surface area contributed by atoms with Crippen LogP contribution in [-0.4, -0.2) is 23.1 Å². The number of benzene rings is 4. The predicted octanol–water partition coefficient (Wildman–Crippen LogP) is 6.56. The fourth-order valence-electron chi connectivity index (χ4n) is 4.40. The molecule has 0 saturated carbocycles. The molecule has 4 aromatic rings. The SMILES string of the molecule is Cc1cccc(C(=O)/C=C/c2ccc(/C=C/C(=O)c3cccc4c3C(=O)c3ccccc3C4=O)cc2)c1. The summed E-state index contributed by atoms with van der Waals surface area (Å²) >= 11 is 0. The third-order valence-electron chi connectivity index (χ3n) is 6.31. The molecule has 0 radical (unpaired) electrons. The Hall–Kier alpha value is -4.96. The summed E-state index contributed by atoms with van der Waals surface area (Å²) in [6.07, 6.45) is 6.36. The van der Waals surface area contributed by atoms with E-state index >= 15 is 0 Å². The molecule has 1 aliphatic rings. The Morgan fingerprint density at radius 1 is 0.595 bits per heavy atom. The van der Waals surface area contributed by atoms with Gasteiger partial charge in [0.25, 0.3) is 0 Å². The lowest BCUT2D eigenvalue weighted by Gasteiger charge is -2.19. The van der Waals surface area contributed by atoms with Crippen molar-refractivity contribution in [2.24, 2.45) is 0 Å². The van der Waals surface area contributed by atoms with E-state index in [1.54, 1.807) is 60.7 Å². The Bertz CT molecular complexity index is 1640. The number of carbonyl (C=O) groups is 4. The van der Waals surface area contributed by atoms with Crippen LogP contribution in [0.4, 0.5) is 0 Å². The van der Waals surface area contributed by atoms with Gasteiger partial charge < -0.3 is 0 Å². The van der Waals surface area contributed by atoms with Crippen molar-refractivity contribution in [1.29, 1.82) is 0 Å². The number of allylic oxidation sites excluding steroid dienone is 2. The minimum Gasteiger partial charge on any atom is -0.289 e. The highest BCUT2D eigenvalue weighted by Crippen LogP contribution is 2.30. The molecule has 5 rings (SSSR count). The van der Waals surface area contributed by atoms with E-state index in [9.17, 15) is 19.2 Å². The van der Waals surface area contributed by atoms with Crippen molar-refractivity contribution >= 4 is 35.3 Å². The predicted molar refractivity (Wildman–Crippen MR) is 144 cm³/mol. The van der Waals surface area contributed by atoms with Crippen molar-refractivity contribution in [3.8, 4) is 0 Å². The van der Waals surface area contributed by atoms with Gasteiger partial charge >= 0.3 is 0 Å². The van der Waals surface area contributed by atoms with Gasteiger partial charge in [-0.1, -0.05) is 103 Å². The van der Waals surface area contributed by atoms with E-state index in [4.69, 9.17) is 0 Å². The third-order valence-corrected chi connectivity index (χ3v) is 6.31. The number of carbonyl (C=O) groups excluding carboxylic acids is 4. The molecule has 0 bridgehead atoms. The molecule has 178 valence electrons. The summed E-state index contributed by atoms with van der Waals surface area (Å²) in [7, 11) is 0. The lowest BCUT2D eigenvalue weighted by molar-refractivity contribution is 0.0972. The van der Waals surface area contributed by atoms with Crippen molar-refractivity contribution in [3.05, 3.63) is 153 Å². The molecule has 0 aromatic heterocycles. The molecule has 0 aliphatic heterocycles. The molecule has 0 saturated heterocycles. The monoisotopic (exact) mass is 482 g/mol. The first kappa shape index (κ1) is 23.8. The van der Waals surface area contributed by atoms with Crippen LogP contribution in [0.25, 0.3) is 12.2 Å². The van der Waals surface area contributed by atoms with Crippen LogP contribution in [0.3, 0.4) is 0 Å². The van der Waals surface area contributed by atoms with Gasteiger partial charge in [0, 0.05) is 33.4 Å². The lowest BCUT2D eigenvalue weighted by Crippen LogP contribution is -2.23. The average molecular weight is 483 g/mol. The van der Waals surface area contributed by atoms with Crippen LogP contribution in [-0.2, 0) is 0 Å². The van der Waals surface area contributed by atoms with Gasteiger partial charge in [-0.15, -0.1) is 0 Å². The van der Waals surface area contributed by atoms with E-state index in [0.29, 0.717) is 16.7 Å². The molecular weight excluding hydrogens is 460 g/mol. The molecule has 4 heteroatoms. The average Bonchev–Trinajstić information content (AvgIpc) is 2.93. The Labute approximate surface area is 214 Å². The van der Waals surface area contributed by atoms with Crippen molar-refractivity contribution < 1.29 is 19.2 Å². The molecule has 0 atom stereocenters. The molecule has 0 unspecified atom stereocenters. The summed E-state index contributed by atoms with van der Waals surface area (Å²) in [6, 6.07) is 26.3. The van der Waals surface area contributed by atoms with E-state index in [1.807, 2.05) is 49.4 Å². The van der Waals surface area contributed by atoms with Crippen LogP contribution in [0, 0.1) is 6.92 Å². The highest BCUT2D eigenvalue weighted by Gasteiger charge is 2.32. The normalized spacial score (nSPS) is 12.6. The highest BCUT2D eigenvalue weighted by atomic mass is 16.1. The molecule has 0 N–H and O–H groups in total. The van der Waals surface area contributed by atoms with Gasteiger partial charge in [-0.25, -0.2) is 0 Å². The van der Waals surface area contributed by atoms with Crippen molar-refractivity contribution in [2.45, 2.75) is 6.92 Å². The topological polar surface area (TPSA) is 68.3 Å². The molecule has 4 aromatic carbocycles. The van der Waals surface area contributed by atoms with Crippen LogP contribution >= 0.6 is 0 Å². The zero-order valence-electron chi connectivity index (χ0n) is 20.1. The lowest BCUT2D eigenvalue weighted by atomic mass is 9.81. The Morgan fingerprint density at radius 2 is 1.16 bits per heavy atom. The first-order chi connectivity index (χ1) is 17.9. The Kier molecular flexibility index (Phi) is 6.40. The number of ketones is 4. The number of fused-ring (bicyclic) bond motifs is 2. The smallest absolute Gasteiger partial charge is 0.195 e. The molecule has 0 spiro atoms. The van der Waals surface area contributed by atoms with Crippen LogP contribution in [0.5, 0.6) is 0 Å². The second-order valence-corrected chi connectivity index (χ2v) is 8.86. The maximum absolute atomic E-state index is 13.1. The largest absolute Gasteiger partial charge is 0.289 e. The quantitative estimate of drug-likeness (QED) is 0.203. The van der Waals surface area contributed by atoms with Gasteiger partial charge in [0.2, 0.25) is 0 Å². The van der Waals surface area contributed by atoms with Gasteiger partial charge in [-0.2, -0.15) is 0 Å².